The number of nitrogens with two attached hydrogens (primary N) is 1. The van der Waals surface area contributed by atoms with E-state index < -0.39 is 9.84 Å². The van der Waals surface area contributed by atoms with Crippen molar-refractivity contribution in [3.8, 4) is 0 Å². The van der Waals surface area contributed by atoms with Crippen LogP contribution in [0.5, 0.6) is 0 Å². The monoisotopic (exact) mass is 346 g/mol. The van der Waals surface area contributed by atoms with E-state index in [2.05, 4.69) is 9.97 Å². The maximum atomic E-state index is 12.3. The Bertz CT molecular complexity index is 879. The number of aryl methyl sites for hydroxylation is 1. The Kier molecular flexibility index (Phi) is 4.23. The molecule has 0 saturated heterocycles. The van der Waals surface area contributed by atoms with Crippen LogP contribution in [0.25, 0.3) is 0 Å². The summed E-state index contributed by atoms with van der Waals surface area (Å²) in [6.45, 7) is 0.954. The number of carbonyl (C=O) groups excluding carboxylic acids is 1. The number of hydrogen-bond donors (Lipinski definition) is 1. The molecular formula is C16H18N4O3S. The molecule has 2 heterocycles. The molecule has 3 rings (SSSR count). The second-order valence-electron chi connectivity index (χ2n) is 5.87. The first-order valence-corrected chi connectivity index (χ1v) is 9.39. The lowest BCUT2D eigenvalue weighted by Crippen LogP contribution is -2.25. The molecule has 1 aliphatic rings. The minimum Gasteiger partial charge on any atom is -0.368 e. The number of nitrogen functional groups attached to an aromatic ring is 1. The number of hydrogen-bond acceptors (Lipinski definition) is 6. The molecule has 24 heavy (non-hydrogen) atoms. The number of amides is 1. The summed E-state index contributed by atoms with van der Waals surface area (Å²) in [5.74, 6) is 0.243. The molecule has 0 bridgehead atoms. The predicted octanol–water partition coefficient (Wildman–Crippen LogP) is 0.937. The average molecular weight is 346 g/mol. The first kappa shape index (κ1) is 16.4. The number of benzene rings is 1. The fraction of sp³-hybridized carbons (Fsp3) is 0.312. The molecule has 1 aliphatic heterocycles. The molecule has 0 fully saturated rings. The van der Waals surface area contributed by atoms with Gasteiger partial charge in [-0.1, -0.05) is 12.1 Å². The van der Waals surface area contributed by atoms with Gasteiger partial charge in [0.05, 0.1) is 17.1 Å². The van der Waals surface area contributed by atoms with Crippen molar-refractivity contribution in [2.45, 2.75) is 30.8 Å². The topological polar surface area (TPSA) is 106 Å². The Labute approximate surface area is 140 Å². The predicted molar refractivity (Wildman–Crippen MR) is 88.6 cm³/mol. The fourth-order valence-electron chi connectivity index (χ4n) is 2.66. The summed E-state index contributed by atoms with van der Waals surface area (Å²) in [4.78, 5) is 22.5. The van der Waals surface area contributed by atoms with Gasteiger partial charge < -0.3 is 10.6 Å². The van der Waals surface area contributed by atoms with Gasteiger partial charge in [-0.3, -0.25) is 4.79 Å². The van der Waals surface area contributed by atoms with E-state index >= 15 is 0 Å². The second-order valence-corrected chi connectivity index (χ2v) is 7.88. The van der Waals surface area contributed by atoms with Gasteiger partial charge in [0.15, 0.2) is 9.84 Å². The van der Waals surface area contributed by atoms with E-state index in [1.165, 1.54) is 6.26 Å². The quantitative estimate of drug-likeness (QED) is 0.883. The first-order chi connectivity index (χ1) is 11.3. The van der Waals surface area contributed by atoms with Crippen LogP contribution >= 0.6 is 0 Å². The average Bonchev–Trinajstić information content (AvgIpc) is 2.95. The molecule has 0 radical (unpaired) electrons. The molecule has 0 spiro atoms. The summed E-state index contributed by atoms with van der Waals surface area (Å²) in [5.41, 5.74) is 8.21. The molecule has 1 aromatic heterocycles. The smallest absolute Gasteiger partial charge is 0.223 e. The molecular weight excluding hydrogens is 328 g/mol. The third kappa shape index (κ3) is 3.53. The van der Waals surface area contributed by atoms with Crippen molar-refractivity contribution >= 4 is 21.7 Å². The van der Waals surface area contributed by atoms with Crippen LogP contribution in [0.15, 0.2) is 35.4 Å². The molecule has 0 unspecified atom stereocenters. The molecule has 2 aromatic rings. The minimum atomic E-state index is -3.20. The van der Waals surface area contributed by atoms with Crippen molar-refractivity contribution in [2.75, 3.05) is 12.0 Å². The van der Waals surface area contributed by atoms with E-state index in [1.54, 1.807) is 35.4 Å². The number of carbonyl (C=O) groups is 1. The molecule has 0 aliphatic carbocycles. The molecule has 126 valence electrons. The summed E-state index contributed by atoms with van der Waals surface area (Å²) in [5, 5.41) is 0. The Morgan fingerprint density at radius 3 is 2.62 bits per heavy atom. The highest BCUT2D eigenvalue weighted by atomic mass is 32.2. The van der Waals surface area contributed by atoms with E-state index in [0.29, 0.717) is 25.9 Å². The Balaban J connectivity index is 1.59. The van der Waals surface area contributed by atoms with Crippen molar-refractivity contribution in [1.82, 2.24) is 14.9 Å². The number of rotatable bonds is 4. The summed E-state index contributed by atoms with van der Waals surface area (Å²) >= 11 is 0. The van der Waals surface area contributed by atoms with E-state index in [1.807, 2.05) is 0 Å². The lowest BCUT2D eigenvalue weighted by molar-refractivity contribution is -0.131. The third-order valence-corrected chi connectivity index (χ3v) is 5.13. The van der Waals surface area contributed by atoms with Crippen molar-refractivity contribution in [2.24, 2.45) is 0 Å². The summed E-state index contributed by atoms with van der Waals surface area (Å²) in [6, 6.07) is 6.63. The Morgan fingerprint density at radius 2 is 1.96 bits per heavy atom. The van der Waals surface area contributed by atoms with Gasteiger partial charge in [0.2, 0.25) is 11.9 Å². The van der Waals surface area contributed by atoms with Crippen LogP contribution in [0.1, 0.15) is 23.2 Å². The Hall–Kier alpha value is -2.48. The van der Waals surface area contributed by atoms with E-state index in [0.717, 1.165) is 16.8 Å². The highest BCUT2D eigenvalue weighted by molar-refractivity contribution is 7.90. The zero-order chi connectivity index (χ0) is 17.3. The highest BCUT2D eigenvalue weighted by Gasteiger charge is 2.24. The van der Waals surface area contributed by atoms with Gasteiger partial charge in [-0.25, -0.2) is 18.4 Å². The molecule has 1 aromatic carbocycles. The normalized spacial score (nSPS) is 13.8. The van der Waals surface area contributed by atoms with Crippen LogP contribution in [-0.2, 0) is 34.1 Å². The van der Waals surface area contributed by atoms with Gasteiger partial charge in [0.1, 0.15) is 0 Å². The largest absolute Gasteiger partial charge is 0.368 e. The van der Waals surface area contributed by atoms with E-state index in [4.69, 9.17) is 5.73 Å². The van der Waals surface area contributed by atoms with Crippen LogP contribution in [0.4, 0.5) is 5.95 Å². The van der Waals surface area contributed by atoms with Crippen LogP contribution in [0.3, 0.4) is 0 Å². The van der Waals surface area contributed by atoms with Gasteiger partial charge in [-0.05, 0) is 24.1 Å². The summed E-state index contributed by atoms with van der Waals surface area (Å²) in [7, 11) is -3.20. The third-order valence-electron chi connectivity index (χ3n) is 4.01. The summed E-state index contributed by atoms with van der Waals surface area (Å²) < 4.78 is 22.9. The van der Waals surface area contributed by atoms with Gasteiger partial charge in [0, 0.05) is 31.0 Å². The van der Waals surface area contributed by atoms with Gasteiger partial charge in [0.25, 0.3) is 0 Å². The molecule has 8 heteroatoms. The number of anilines is 1. The van der Waals surface area contributed by atoms with Crippen molar-refractivity contribution < 1.29 is 13.2 Å². The fourth-order valence-corrected chi connectivity index (χ4v) is 3.29. The van der Waals surface area contributed by atoms with E-state index in [9.17, 15) is 13.2 Å². The second kappa shape index (κ2) is 6.20. The first-order valence-electron chi connectivity index (χ1n) is 7.50. The van der Waals surface area contributed by atoms with Crippen LogP contribution in [-0.4, -0.2) is 35.4 Å². The molecule has 7 nitrogen and oxygen atoms in total. The highest BCUT2D eigenvalue weighted by Crippen LogP contribution is 2.22. The van der Waals surface area contributed by atoms with Gasteiger partial charge in [-0.2, -0.15) is 0 Å². The molecule has 1 amide bonds. The van der Waals surface area contributed by atoms with Gasteiger partial charge in [-0.15, -0.1) is 0 Å². The number of sulfone groups is 1. The van der Waals surface area contributed by atoms with Crippen molar-refractivity contribution in [3.63, 3.8) is 0 Å². The maximum Gasteiger partial charge on any atom is 0.223 e. The number of fused-ring (bicyclic) bond motifs is 1. The van der Waals surface area contributed by atoms with Crippen molar-refractivity contribution in [3.05, 3.63) is 47.3 Å². The van der Waals surface area contributed by atoms with E-state index in [-0.39, 0.29) is 16.8 Å². The lowest BCUT2D eigenvalue weighted by atomic mass is 10.1. The van der Waals surface area contributed by atoms with Gasteiger partial charge >= 0.3 is 0 Å². The number of aromatic nitrogens is 2. The summed E-state index contributed by atoms with van der Waals surface area (Å²) in [6.07, 6.45) is 3.75. The Morgan fingerprint density at radius 1 is 1.25 bits per heavy atom. The zero-order valence-electron chi connectivity index (χ0n) is 13.3. The lowest BCUT2D eigenvalue weighted by Gasteiger charge is -2.15. The SMILES string of the molecule is CS(=O)(=O)c1ccc(CCC(=O)N2Cc3cnc(N)nc3C2)cc1. The molecule has 0 atom stereocenters. The molecule has 0 saturated carbocycles. The van der Waals surface area contributed by atoms with Crippen LogP contribution < -0.4 is 5.73 Å². The maximum absolute atomic E-state index is 12.3. The van der Waals surface area contributed by atoms with Crippen LogP contribution in [0, 0.1) is 0 Å². The standard InChI is InChI=1S/C16H18N4O3S/c1-24(22,23)13-5-2-11(3-6-13)4-7-15(21)20-9-12-8-18-16(17)19-14(12)10-20/h2-3,5-6,8H,4,7,9-10H2,1H3,(H2,17,18,19). The number of nitrogens with zero attached hydrogens (tertiary/aromatic N) is 3. The minimum absolute atomic E-state index is 0.0266. The van der Waals surface area contributed by atoms with Crippen molar-refractivity contribution in [1.29, 1.82) is 0 Å². The molecule has 2 N–H and O–H groups in total. The van der Waals surface area contributed by atoms with Crippen LogP contribution in [0.2, 0.25) is 0 Å². The zero-order valence-corrected chi connectivity index (χ0v) is 14.1.